The Morgan fingerprint density at radius 3 is 1.35 bits per heavy atom. The molecule has 0 saturated carbocycles. The Bertz CT molecular complexity index is 3660. The first-order valence-electron chi connectivity index (χ1n) is 20.3. The Balaban J connectivity index is 1.07. The Morgan fingerprint density at radius 2 is 0.719 bits per heavy atom. The minimum Gasteiger partial charge on any atom is -0.312 e. The van der Waals surface area contributed by atoms with E-state index in [-0.39, 0.29) is 13.4 Å². The highest BCUT2D eigenvalue weighted by Crippen LogP contribution is 2.48. The van der Waals surface area contributed by atoms with E-state index in [0.29, 0.717) is 0 Å². The first-order valence-corrected chi connectivity index (χ1v) is 20.3. The fourth-order valence-electron chi connectivity index (χ4n) is 12.3. The Kier molecular flexibility index (Phi) is 5.13. The van der Waals surface area contributed by atoms with Crippen LogP contribution in [0.25, 0.3) is 86.9 Å². The molecule has 0 aromatic heterocycles. The zero-order chi connectivity index (χ0) is 36.7. The lowest BCUT2D eigenvalue weighted by molar-refractivity contribution is 1.31. The highest BCUT2D eigenvalue weighted by atomic mass is 15.2. The molecule has 0 saturated heterocycles. The molecule has 57 heavy (non-hydrogen) atoms. The van der Waals surface area contributed by atoms with Gasteiger partial charge in [0.2, 0.25) is 13.4 Å². The van der Waals surface area contributed by atoms with Gasteiger partial charge in [-0.1, -0.05) is 175 Å². The van der Waals surface area contributed by atoms with Crippen LogP contribution in [0, 0.1) is 0 Å². The van der Waals surface area contributed by atoms with E-state index >= 15 is 0 Å². The summed E-state index contributed by atoms with van der Waals surface area (Å²) >= 11 is 0. The molecule has 0 N–H and O–H groups in total. The van der Waals surface area contributed by atoms with E-state index in [4.69, 9.17) is 0 Å². The van der Waals surface area contributed by atoms with Crippen molar-refractivity contribution in [1.82, 2.24) is 0 Å². The maximum absolute atomic E-state index is 2.65. The zero-order valence-electron chi connectivity index (χ0n) is 30.8. The van der Waals surface area contributed by atoms with Crippen LogP contribution in [-0.2, 0) is 0 Å². The largest absolute Gasteiger partial charge is 0.312 e. The average Bonchev–Trinajstić information content (AvgIpc) is 3.81. The fraction of sp³-hybridized carbons (Fsp3) is 0. The van der Waals surface area contributed by atoms with Crippen LogP contribution in [0.1, 0.15) is 0 Å². The number of anilines is 3. The maximum atomic E-state index is 2.65. The van der Waals surface area contributed by atoms with Crippen LogP contribution in [0.15, 0.2) is 176 Å². The van der Waals surface area contributed by atoms with Crippen LogP contribution in [0.3, 0.4) is 0 Å². The van der Waals surface area contributed by atoms with Crippen molar-refractivity contribution in [2.45, 2.75) is 0 Å². The number of hydrogen-bond donors (Lipinski definition) is 0. The maximum Gasteiger partial charge on any atom is 0.249 e. The minimum absolute atomic E-state index is 0.128. The lowest BCUT2D eigenvalue weighted by Crippen LogP contribution is -2.63. The highest BCUT2D eigenvalue weighted by Gasteiger charge is 2.50. The third kappa shape index (κ3) is 3.29. The van der Waals surface area contributed by atoms with Gasteiger partial charge in [0.05, 0.1) is 0 Å². The standard InChI is InChI=1S/C54H29B2N/c1-3-16-34-30(12-1)32-14-5-7-18-36(32)48-38(34)28-29-43-50(48)42-21-10-25-47-52(42)55(43)44-22-11-23-45-54(44)57(47)46-24-9-20-40-41-27-26-39-35-17-4-2-13-31(35)33-15-6-8-19-37(33)49(39)53(41)56(45)51(40)46/h1-29H. The van der Waals surface area contributed by atoms with Gasteiger partial charge in [-0.2, -0.15) is 0 Å². The number of nitrogens with zero attached hydrogens (tertiary/aromatic N) is 1. The van der Waals surface area contributed by atoms with Crippen molar-refractivity contribution < 1.29 is 0 Å². The van der Waals surface area contributed by atoms with Crippen LogP contribution < -0.4 is 37.7 Å². The molecule has 0 radical (unpaired) electrons. The molecule has 1 nitrogen and oxygen atoms in total. The molecule has 4 heterocycles. The van der Waals surface area contributed by atoms with E-state index < -0.39 is 0 Å². The first kappa shape index (κ1) is 29.2. The zero-order valence-corrected chi connectivity index (χ0v) is 30.8. The van der Waals surface area contributed by atoms with Gasteiger partial charge in [0.15, 0.2) is 0 Å². The summed E-state index contributed by atoms with van der Waals surface area (Å²) in [4.78, 5) is 2.65. The van der Waals surface area contributed by atoms with Gasteiger partial charge in [0.1, 0.15) is 0 Å². The molecule has 3 heteroatoms. The minimum atomic E-state index is 0.128. The van der Waals surface area contributed by atoms with Crippen LogP contribution in [0.5, 0.6) is 0 Å². The number of hydrogen-bond acceptors (Lipinski definition) is 1. The van der Waals surface area contributed by atoms with Crippen molar-refractivity contribution in [3.63, 3.8) is 0 Å². The molecule has 0 atom stereocenters. The molecule has 15 rings (SSSR count). The van der Waals surface area contributed by atoms with Crippen molar-refractivity contribution in [1.29, 1.82) is 0 Å². The van der Waals surface area contributed by atoms with Crippen LogP contribution >= 0.6 is 0 Å². The predicted molar refractivity (Wildman–Crippen MR) is 246 cm³/mol. The third-order valence-corrected chi connectivity index (χ3v) is 14.2. The van der Waals surface area contributed by atoms with Gasteiger partial charge >= 0.3 is 0 Å². The third-order valence-electron chi connectivity index (χ3n) is 14.2. The van der Waals surface area contributed by atoms with Gasteiger partial charge in [-0.05, 0) is 121 Å². The molecule has 4 aliphatic rings. The summed E-state index contributed by atoms with van der Waals surface area (Å²) in [5, 5.41) is 16.1. The van der Waals surface area contributed by atoms with Crippen molar-refractivity contribution in [3.05, 3.63) is 176 Å². The van der Waals surface area contributed by atoms with E-state index in [1.807, 2.05) is 0 Å². The molecule has 0 amide bonds. The Hall–Kier alpha value is -7.09. The highest BCUT2D eigenvalue weighted by molar-refractivity contribution is 7.06. The van der Waals surface area contributed by atoms with Gasteiger partial charge in [0.25, 0.3) is 0 Å². The van der Waals surface area contributed by atoms with Gasteiger partial charge in [0, 0.05) is 17.1 Å². The fourth-order valence-corrected chi connectivity index (χ4v) is 12.3. The molecule has 0 bridgehead atoms. The van der Waals surface area contributed by atoms with Gasteiger partial charge in [-0.3, -0.25) is 0 Å². The van der Waals surface area contributed by atoms with E-state index in [2.05, 4.69) is 181 Å². The molecule has 0 unspecified atom stereocenters. The van der Waals surface area contributed by atoms with E-state index in [0.717, 1.165) is 0 Å². The number of rotatable bonds is 0. The summed E-state index contributed by atoms with van der Waals surface area (Å²) in [7, 11) is 0. The van der Waals surface area contributed by atoms with Crippen molar-refractivity contribution in [2.75, 3.05) is 4.90 Å². The summed E-state index contributed by atoms with van der Waals surface area (Å²) in [6.07, 6.45) is 0. The van der Waals surface area contributed by atoms with Crippen molar-refractivity contribution in [2.24, 2.45) is 0 Å². The summed E-state index contributed by atoms with van der Waals surface area (Å²) < 4.78 is 0. The second kappa shape index (κ2) is 10.0. The molecular weight excluding hydrogens is 684 g/mol. The normalized spacial score (nSPS) is 13.9. The van der Waals surface area contributed by atoms with Crippen LogP contribution in [0.2, 0.25) is 0 Å². The van der Waals surface area contributed by atoms with E-state index in [1.54, 1.807) is 0 Å². The topological polar surface area (TPSA) is 3.24 Å². The van der Waals surface area contributed by atoms with Crippen LogP contribution in [0.4, 0.5) is 17.1 Å². The number of benzene rings is 11. The van der Waals surface area contributed by atoms with Crippen molar-refractivity contribution in [3.8, 4) is 22.3 Å². The lowest BCUT2D eigenvalue weighted by atomic mass is 9.32. The summed E-state index contributed by atoms with van der Waals surface area (Å²) in [5.74, 6) is 0. The van der Waals surface area contributed by atoms with Crippen molar-refractivity contribution >= 4 is 128 Å². The Morgan fingerprint density at radius 1 is 0.281 bits per heavy atom. The van der Waals surface area contributed by atoms with Gasteiger partial charge in [-0.15, -0.1) is 0 Å². The lowest BCUT2D eigenvalue weighted by Gasteiger charge is -2.42. The number of fused-ring (bicyclic) bond motifs is 24. The number of para-hydroxylation sites is 1. The summed E-state index contributed by atoms with van der Waals surface area (Å²) in [6, 6.07) is 67.2. The predicted octanol–water partition coefficient (Wildman–Crippen LogP) is 9.70. The monoisotopic (exact) mass is 713 g/mol. The average molecular weight is 713 g/mol. The van der Waals surface area contributed by atoms with Crippen LogP contribution in [-0.4, -0.2) is 13.4 Å². The molecule has 256 valence electrons. The quantitative estimate of drug-likeness (QED) is 0.112. The van der Waals surface area contributed by atoms with E-state index in [1.165, 1.54) is 137 Å². The van der Waals surface area contributed by atoms with Gasteiger partial charge < -0.3 is 4.90 Å². The first-order chi connectivity index (χ1) is 28.3. The molecule has 4 aliphatic heterocycles. The molecule has 11 aromatic rings. The molecule has 0 spiro atoms. The molecule has 0 fully saturated rings. The molecular formula is C54H29B2N. The second-order valence-corrected chi connectivity index (χ2v) is 16.5. The summed E-state index contributed by atoms with van der Waals surface area (Å²) in [6.45, 7) is 0.276. The van der Waals surface area contributed by atoms with E-state index in [9.17, 15) is 0 Å². The van der Waals surface area contributed by atoms with Gasteiger partial charge in [-0.25, -0.2) is 0 Å². The summed E-state index contributed by atoms with van der Waals surface area (Å²) in [5.41, 5.74) is 18.1. The second-order valence-electron chi connectivity index (χ2n) is 16.5. The molecule has 11 aromatic carbocycles. The SMILES string of the molecule is c1cc2c3c(c1)B1c4c(cccc4N3c3cccc4c3B2c2ccc3c5ccccc5c5ccccc5c3c2-4)-c2ccc3c4ccccc4c4ccccc4c3c21. The molecule has 0 aliphatic carbocycles. The smallest absolute Gasteiger partial charge is 0.249 e. The Labute approximate surface area is 329 Å².